The maximum Gasteiger partial charge on any atom is 0.310 e. The van der Waals surface area contributed by atoms with Gasteiger partial charge in [-0.2, -0.15) is 0 Å². The number of carboxylic acid groups (broad SMARTS) is 1. The Balaban J connectivity index is 1.96. The molecule has 1 fully saturated rings. The molecule has 0 aliphatic heterocycles. The van der Waals surface area contributed by atoms with E-state index in [0.717, 1.165) is 12.8 Å². The Hall–Kier alpha value is -1.42. The first kappa shape index (κ1) is 12.0. The van der Waals surface area contributed by atoms with Gasteiger partial charge in [0.1, 0.15) is 5.82 Å². The lowest BCUT2D eigenvalue weighted by atomic mass is 10.1. The Morgan fingerprint density at radius 1 is 1.47 bits per heavy atom. The second kappa shape index (κ2) is 4.45. The third-order valence-electron chi connectivity index (χ3n) is 3.28. The highest BCUT2D eigenvalue weighted by Crippen LogP contribution is 2.46. The van der Waals surface area contributed by atoms with Gasteiger partial charge < -0.3 is 10.0 Å². The van der Waals surface area contributed by atoms with E-state index in [9.17, 15) is 9.18 Å². The van der Waals surface area contributed by atoms with Crippen molar-refractivity contribution < 1.29 is 14.3 Å². The minimum Gasteiger partial charge on any atom is -0.481 e. The number of carboxylic acids is 1. The van der Waals surface area contributed by atoms with Crippen LogP contribution in [0.2, 0.25) is 0 Å². The summed E-state index contributed by atoms with van der Waals surface area (Å²) in [7, 11) is 1.83. The zero-order chi connectivity index (χ0) is 12.5. The Labute approximate surface area is 99.9 Å². The Kier molecular flexibility index (Phi) is 3.15. The highest BCUT2D eigenvalue weighted by atomic mass is 19.1. The molecule has 0 amide bonds. The van der Waals surface area contributed by atoms with Crippen LogP contribution in [0, 0.1) is 11.2 Å². The van der Waals surface area contributed by atoms with Crippen LogP contribution in [0.5, 0.6) is 0 Å². The predicted molar refractivity (Wildman–Crippen MR) is 62.0 cm³/mol. The van der Waals surface area contributed by atoms with Gasteiger partial charge >= 0.3 is 5.97 Å². The lowest BCUT2D eigenvalue weighted by Crippen LogP contribution is -2.31. The van der Waals surface area contributed by atoms with Crippen LogP contribution in [-0.2, 0) is 11.3 Å². The standard InChI is InChI=1S/C13H16FNO2/c1-15(9-13(6-7-13)12(16)17)8-10-4-2-3-5-11(10)14/h2-5H,6-9H2,1H3,(H,16,17). The van der Waals surface area contributed by atoms with Gasteiger partial charge in [0.15, 0.2) is 0 Å². The summed E-state index contributed by atoms with van der Waals surface area (Å²) in [5.74, 6) is -0.975. The molecule has 17 heavy (non-hydrogen) atoms. The van der Waals surface area contributed by atoms with Gasteiger partial charge in [-0.25, -0.2) is 4.39 Å². The van der Waals surface area contributed by atoms with Crippen LogP contribution >= 0.6 is 0 Å². The summed E-state index contributed by atoms with van der Waals surface area (Å²) in [5.41, 5.74) is 0.0243. The number of carbonyl (C=O) groups is 1. The fourth-order valence-electron chi connectivity index (χ4n) is 2.08. The van der Waals surface area contributed by atoms with Crippen LogP contribution in [0.4, 0.5) is 4.39 Å². The molecule has 0 bridgehead atoms. The van der Waals surface area contributed by atoms with Crippen molar-refractivity contribution in [3.63, 3.8) is 0 Å². The van der Waals surface area contributed by atoms with Gasteiger partial charge in [-0.05, 0) is 26.0 Å². The average molecular weight is 237 g/mol. The fourth-order valence-corrected chi connectivity index (χ4v) is 2.08. The third-order valence-corrected chi connectivity index (χ3v) is 3.28. The van der Waals surface area contributed by atoms with Crippen molar-refractivity contribution in [3.8, 4) is 0 Å². The zero-order valence-electron chi connectivity index (χ0n) is 9.82. The Morgan fingerprint density at radius 2 is 2.12 bits per heavy atom. The fraction of sp³-hybridized carbons (Fsp3) is 0.462. The SMILES string of the molecule is CN(Cc1ccccc1F)CC1(C(=O)O)CC1. The number of hydrogen-bond acceptors (Lipinski definition) is 2. The maximum absolute atomic E-state index is 13.4. The molecule has 0 spiro atoms. The van der Waals surface area contributed by atoms with Crippen LogP contribution < -0.4 is 0 Å². The van der Waals surface area contributed by atoms with Gasteiger partial charge in [0, 0.05) is 18.7 Å². The average Bonchev–Trinajstić information content (AvgIpc) is 3.02. The van der Waals surface area contributed by atoms with E-state index in [1.165, 1.54) is 6.07 Å². The monoisotopic (exact) mass is 237 g/mol. The molecule has 0 unspecified atom stereocenters. The van der Waals surface area contributed by atoms with Crippen molar-refractivity contribution in [2.24, 2.45) is 5.41 Å². The van der Waals surface area contributed by atoms with Crippen LogP contribution in [0.3, 0.4) is 0 Å². The van der Waals surface area contributed by atoms with Crippen LogP contribution in [0.15, 0.2) is 24.3 Å². The minimum absolute atomic E-state index is 0.237. The number of nitrogens with zero attached hydrogens (tertiary/aromatic N) is 1. The summed E-state index contributed by atoms with van der Waals surface area (Å²) in [6.45, 7) is 0.929. The first-order chi connectivity index (χ1) is 8.03. The summed E-state index contributed by atoms with van der Waals surface area (Å²) < 4.78 is 13.4. The lowest BCUT2D eigenvalue weighted by molar-refractivity contribution is -0.144. The van der Waals surface area contributed by atoms with E-state index in [4.69, 9.17) is 5.11 Å². The first-order valence-electron chi connectivity index (χ1n) is 5.69. The molecule has 4 heteroatoms. The number of halogens is 1. The van der Waals surface area contributed by atoms with E-state index in [0.29, 0.717) is 18.7 Å². The van der Waals surface area contributed by atoms with E-state index >= 15 is 0 Å². The van der Waals surface area contributed by atoms with Gasteiger partial charge in [-0.3, -0.25) is 4.79 Å². The second-order valence-corrected chi connectivity index (χ2v) is 4.85. The predicted octanol–water partition coefficient (Wildman–Crippen LogP) is 2.12. The van der Waals surface area contributed by atoms with Crippen molar-refractivity contribution in [3.05, 3.63) is 35.6 Å². The molecule has 1 saturated carbocycles. The number of hydrogen-bond donors (Lipinski definition) is 1. The Morgan fingerprint density at radius 3 is 2.65 bits per heavy atom. The molecule has 0 aromatic heterocycles. The highest BCUT2D eigenvalue weighted by Gasteiger charge is 2.50. The molecule has 1 aliphatic carbocycles. The van der Waals surface area contributed by atoms with Crippen molar-refractivity contribution in [1.82, 2.24) is 4.90 Å². The maximum atomic E-state index is 13.4. The van der Waals surface area contributed by atoms with Crippen molar-refractivity contribution in [2.75, 3.05) is 13.6 Å². The van der Waals surface area contributed by atoms with E-state index in [1.807, 2.05) is 11.9 Å². The molecule has 1 aliphatic rings. The summed E-state index contributed by atoms with van der Waals surface area (Å²) >= 11 is 0. The Bertz CT molecular complexity index is 429. The molecule has 2 rings (SSSR count). The van der Waals surface area contributed by atoms with Crippen molar-refractivity contribution >= 4 is 5.97 Å². The summed E-state index contributed by atoms with van der Waals surface area (Å²) in [5, 5.41) is 9.07. The molecular formula is C13H16FNO2. The molecule has 0 radical (unpaired) electrons. The van der Waals surface area contributed by atoms with Crippen LogP contribution in [0.25, 0.3) is 0 Å². The number of benzene rings is 1. The normalized spacial score (nSPS) is 17.1. The second-order valence-electron chi connectivity index (χ2n) is 4.85. The first-order valence-corrected chi connectivity index (χ1v) is 5.69. The molecule has 0 saturated heterocycles. The van der Waals surface area contributed by atoms with E-state index < -0.39 is 11.4 Å². The minimum atomic E-state index is -0.738. The van der Waals surface area contributed by atoms with Crippen LogP contribution in [-0.4, -0.2) is 29.6 Å². The van der Waals surface area contributed by atoms with E-state index in [2.05, 4.69) is 0 Å². The number of rotatable bonds is 5. The quantitative estimate of drug-likeness (QED) is 0.852. The molecule has 0 atom stereocenters. The van der Waals surface area contributed by atoms with Gasteiger partial charge in [0.05, 0.1) is 5.41 Å². The topological polar surface area (TPSA) is 40.5 Å². The van der Waals surface area contributed by atoms with Gasteiger partial charge in [-0.15, -0.1) is 0 Å². The smallest absolute Gasteiger partial charge is 0.310 e. The van der Waals surface area contributed by atoms with Gasteiger partial charge in [0.2, 0.25) is 0 Å². The molecule has 1 N–H and O–H groups in total. The molecule has 1 aromatic carbocycles. The third kappa shape index (κ3) is 2.64. The molecule has 0 heterocycles. The van der Waals surface area contributed by atoms with Gasteiger partial charge in [0.25, 0.3) is 0 Å². The van der Waals surface area contributed by atoms with Crippen molar-refractivity contribution in [2.45, 2.75) is 19.4 Å². The summed E-state index contributed by atoms with van der Waals surface area (Å²) in [6, 6.07) is 6.59. The number of aliphatic carboxylic acids is 1. The van der Waals surface area contributed by atoms with Crippen molar-refractivity contribution in [1.29, 1.82) is 0 Å². The molecular weight excluding hydrogens is 221 g/mol. The highest BCUT2D eigenvalue weighted by molar-refractivity contribution is 5.78. The zero-order valence-corrected chi connectivity index (χ0v) is 9.82. The largest absolute Gasteiger partial charge is 0.481 e. The van der Waals surface area contributed by atoms with E-state index in [1.54, 1.807) is 18.2 Å². The summed E-state index contributed by atoms with van der Waals surface area (Å²) in [6.07, 6.45) is 1.45. The summed E-state index contributed by atoms with van der Waals surface area (Å²) in [4.78, 5) is 12.9. The lowest BCUT2D eigenvalue weighted by Gasteiger charge is -2.21. The molecule has 3 nitrogen and oxygen atoms in total. The van der Waals surface area contributed by atoms with E-state index in [-0.39, 0.29) is 5.82 Å². The van der Waals surface area contributed by atoms with Crippen LogP contribution in [0.1, 0.15) is 18.4 Å². The molecule has 92 valence electrons. The van der Waals surface area contributed by atoms with Gasteiger partial charge in [-0.1, -0.05) is 18.2 Å². The molecule has 1 aromatic rings.